The summed E-state index contributed by atoms with van der Waals surface area (Å²) < 4.78 is 26.5. The number of nitrogens with one attached hydrogen (secondary N) is 1. The van der Waals surface area contributed by atoms with Crippen LogP contribution in [0.3, 0.4) is 0 Å². The number of sulfonamides is 1. The van der Waals surface area contributed by atoms with Crippen LogP contribution in [0.15, 0.2) is 29.2 Å². The van der Waals surface area contributed by atoms with Gasteiger partial charge in [-0.2, -0.15) is 4.31 Å². The molecule has 1 aliphatic carbocycles. The van der Waals surface area contributed by atoms with Crippen LogP contribution in [-0.2, 0) is 10.0 Å². The minimum atomic E-state index is -3.49. The van der Waals surface area contributed by atoms with E-state index >= 15 is 0 Å². The Kier molecular flexibility index (Phi) is 8.18. The molecule has 1 N–H and O–H groups in total. The molecule has 0 amide bonds. The quantitative estimate of drug-likeness (QED) is 0.602. The second-order valence-electron chi connectivity index (χ2n) is 7.82. The van der Waals surface area contributed by atoms with Gasteiger partial charge in [-0.3, -0.25) is 4.79 Å². The van der Waals surface area contributed by atoms with Crippen LogP contribution in [0.25, 0.3) is 0 Å². The summed E-state index contributed by atoms with van der Waals surface area (Å²) in [4.78, 5) is 15.1. The topological polar surface area (TPSA) is 69.7 Å². The molecule has 158 valence electrons. The molecule has 1 saturated carbocycles. The summed E-state index contributed by atoms with van der Waals surface area (Å²) in [5.41, 5.74) is 0.661. The number of ketones is 1. The SMILES string of the molecule is CCN(CC)S(=O)(=O)c1ccc(C(=O)CNCC2(N(C)C)CCCCC2)cc1. The van der Waals surface area contributed by atoms with E-state index in [-0.39, 0.29) is 22.8 Å². The van der Waals surface area contributed by atoms with Crippen LogP contribution in [0.1, 0.15) is 56.3 Å². The number of nitrogens with zero attached hydrogens (tertiary/aromatic N) is 2. The van der Waals surface area contributed by atoms with E-state index in [1.807, 2.05) is 13.8 Å². The van der Waals surface area contributed by atoms with Crippen LogP contribution in [0.5, 0.6) is 0 Å². The maximum absolute atomic E-state index is 12.5. The summed E-state index contributed by atoms with van der Waals surface area (Å²) in [6.07, 6.45) is 6.06. The summed E-state index contributed by atoms with van der Waals surface area (Å²) >= 11 is 0. The molecule has 2 rings (SSSR count). The van der Waals surface area contributed by atoms with Gasteiger partial charge >= 0.3 is 0 Å². The maximum atomic E-state index is 12.5. The lowest BCUT2D eigenvalue weighted by atomic mass is 9.80. The molecule has 1 aromatic rings. The smallest absolute Gasteiger partial charge is 0.243 e. The molecule has 7 heteroatoms. The Morgan fingerprint density at radius 2 is 1.61 bits per heavy atom. The minimum absolute atomic E-state index is 0.0171. The van der Waals surface area contributed by atoms with Gasteiger partial charge in [0.1, 0.15) is 0 Å². The standard InChI is InChI=1S/C21H35N3O3S/c1-5-24(6-2)28(26,27)19-12-10-18(11-13-19)20(25)16-22-17-21(23(3)4)14-8-7-9-15-21/h10-13,22H,5-9,14-17H2,1-4H3. The highest BCUT2D eigenvalue weighted by atomic mass is 32.2. The van der Waals surface area contributed by atoms with Gasteiger partial charge in [-0.05, 0) is 39.1 Å². The van der Waals surface area contributed by atoms with E-state index in [9.17, 15) is 13.2 Å². The molecule has 1 aliphatic rings. The number of hydrogen-bond donors (Lipinski definition) is 1. The Morgan fingerprint density at radius 3 is 2.11 bits per heavy atom. The molecule has 28 heavy (non-hydrogen) atoms. The fourth-order valence-corrected chi connectivity index (χ4v) is 5.49. The van der Waals surface area contributed by atoms with Crippen molar-refractivity contribution in [3.63, 3.8) is 0 Å². The summed E-state index contributed by atoms with van der Waals surface area (Å²) in [5, 5.41) is 3.34. The van der Waals surface area contributed by atoms with E-state index in [4.69, 9.17) is 0 Å². The van der Waals surface area contributed by atoms with Crippen LogP contribution in [-0.4, -0.2) is 69.2 Å². The van der Waals surface area contributed by atoms with Gasteiger partial charge in [-0.15, -0.1) is 0 Å². The Balaban J connectivity index is 1.98. The van der Waals surface area contributed by atoms with Crippen molar-refractivity contribution < 1.29 is 13.2 Å². The van der Waals surface area contributed by atoms with Gasteiger partial charge in [0.2, 0.25) is 10.0 Å². The monoisotopic (exact) mass is 409 g/mol. The predicted octanol–water partition coefficient (Wildman–Crippen LogP) is 2.75. The molecular weight excluding hydrogens is 374 g/mol. The lowest BCUT2D eigenvalue weighted by Crippen LogP contribution is -2.53. The van der Waals surface area contributed by atoms with Gasteiger partial charge in [0.25, 0.3) is 0 Å². The number of Topliss-reactive ketones (excluding diaryl/α,β-unsaturated/α-hetero) is 1. The predicted molar refractivity (Wildman–Crippen MR) is 113 cm³/mol. The molecule has 0 unspecified atom stereocenters. The van der Waals surface area contributed by atoms with Crippen molar-refractivity contribution in [3.8, 4) is 0 Å². The molecule has 0 radical (unpaired) electrons. The number of benzene rings is 1. The lowest BCUT2D eigenvalue weighted by Gasteiger charge is -2.43. The van der Waals surface area contributed by atoms with Crippen LogP contribution < -0.4 is 5.32 Å². The fourth-order valence-electron chi connectivity index (χ4n) is 4.03. The Morgan fingerprint density at radius 1 is 1.04 bits per heavy atom. The zero-order valence-corrected chi connectivity index (χ0v) is 18.5. The third-order valence-electron chi connectivity index (χ3n) is 5.99. The highest BCUT2D eigenvalue weighted by Crippen LogP contribution is 2.31. The second kappa shape index (κ2) is 9.96. The van der Waals surface area contributed by atoms with Crippen molar-refractivity contribution in [2.24, 2.45) is 0 Å². The molecule has 1 fully saturated rings. The van der Waals surface area contributed by atoms with E-state index in [0.29, 0.717) is 18.7 Å². The summed E-state index contributed by atoms with van der Waals surface area (Å²) in [6, 6.07) is 6.29. The Labute approximate surface area is 170 Å². The highest BCUT2D eigenvalue weighted by molar-refractivity contribution is 7.89. The molecule has 0 bridgehead atoms. The number of carbonyl (C=O) groups is 1. The van der Waals surface area contributed by atoms with Gasteiger partial charge < -0.3 is 10.2 Å². The van der Waals surface area contributed by atoms with Gasteiger partial charge in [-0.25, -0.2) is 8.42 Å². The molecule has 0 aliphatic heterocycles. The second-order valence-corrected chi connectivity index (χ2v) is 9.76. The van der Waals surface area contributed by atoms with Crippen molar-refractivity contribution in [3.05, 3.63) is 29.8 Å². The molecule has 0 aromatic heterocycles. The van der Waals surface area contributed by atoms with Crippen molar-refractivity contribution >= 4 is 15.8 Å². The first-order chi connectivity index (χ1) is 13.3. The highest BCUT2D eigenvalue weighted by Gasteiger charge is 2.33. The van der Waals surface area contributed by atoms with E-state index in [1.165, 1.54) is 35.7 Å². The first-order valence-electron chi connectivity index (χ1n) is 10.3. The molecule has 1 aromatic carbocycles. The number of rotatable bonds is 10. The number of carbonyl (C=O) groups excluding carboxylic acids is 1. The first-order valence-corrected chi connectivity index (χ1v) is 11.7. The van der Waals surface area contributed by atoms with Gasteiger partial charge in [-0.1, -0.05) is 45.2 Å². The first kappa shape index (κ1) is 23.0. The minimum Gasteiger partial charge on any atom is -0.308 e. The van der Waals surface area contributed by atoms with E-state index in [0.717, 1.165) is 19.4 Å². The van der Waals surface area contributed by atoms with Crippen LogP contribution in [0.2, 0.25) is 0 Å². The molecule has 0 atom stereocenters. The van der Waals surface area contributed by atoms with E-state index in [2.05, 4.69) is 24.3 Å². The fraction of sp³-hybridized carbons (Fsp3) is 0.667. The summed E-state index contributed by atoms with van der Waals surface area (Å²) in [7, 11) is 0.738. The third-order valence-corrected chi connectivity index (χ3v) is 8.06. The number of likely N-dealkylation sites (N-methyl/N-ethyl adjacent to an activating group) is 1. The van der Waals surface area contributed by atoms with E-state index < -0.39 is 10.0 Å². The van der Waals surface area contributed by atoms with Crippen LogP contribution >= 0.6 is 0 Å². The van der Waals surface area contributed by atoms with Gasteiger partial charge in [0.05, 0.1) is 11.4 Å². The molecule has 0 saturated heterocycles. The van der Waals surface area contributed by atoms with Crippen molar-refractivity contribution in [2.75, 3.05) is 40.3 Å². The normalized spacial score (nSPS) is 17.2. The summed E-state index contributed by atoms with van der Waals surface area (Å²) in [5.74, 6) is -0.0171. The van der Waals surface area contributed by atoms with Crippen LogP contribution in [0, 0.1) is 0 Å². The molecule has 0 spiro atoms. The van der Waals surface area contributed by atoms with Crippen molar-refractivity contribution in [1.82, 2.24) is 14.5 Å². The Bertz CT molecular complexity index is 735. The van der Waals surface area contributed by atoms with Crippen LogP contribution in [0.4, 0.5) is 0 Å². The van der Waals surface area contributed by atoms with E-state index in [1.54, 1.807) is 12.1 Å². The largest absolute Gasteiger partial charge is 0.308 e. The average molecular weight is 410 g/mol. The van der Waals surface area contributed by atoms with Gasteiger partial charge in [0.15, 0.2) is 5.78 Å². The Hall–Kier alpha value is -1.28. The van der Waals surface area contributed by atoms with Crippen molar-refractivity contribution in [2.45, 2.75) is 56.4 Å². The zero-order chi connectivity index (χ0) is 20.8. The van der Waals surface area contributed by atoms with Crippen molar-refractivity contribution in [1.29, 1.82) is 0 Å². The number of hydrogen-bond acceptors (Lipinski definition) is 5. The zero-order valence-electron chi connectivity index (χ0n) is 17.7. The maximum Gasteiger partial charge on any atom is 0.243 e. The van der Waals surface area contributed by atoms with Gasteiger partial charge in [0, 0.05) is 30.7 Å². The third kappa shape index (κ3) is 5.20. The average Bonchev–Trinajstić information content (AvgIpc) is 2.69. The lowest BCUT2D eigenvalue weighted by molar-refractivity contribution is 0.0905. The summed E-state index contributed by atoms with van der Waals surface area (Å²) in [6.45, 7) is 5.54. The molecule has 6 nitrogen and oxygen atoms in total. The molecular formula is C21H35N3O3S. The molecule has 0 heterocycles.